The van der Waals surface area contributed by atoms with Crippen molar-refractivity contribution in [2.45, 2.75) is 4.90 Å². The Bertz CT molecular complexity index is 954. The van der Waals surface area contributed by atoms with Crippen LogP contribution < -0.4 is 4.74 Å². The van der Waals surface area contributed by atoms with E-state index in [9.17, 15) is 8.42 Å². The van der Waals surface area contributed by atoms with Crippen LogP contribution in [0.4, 0.5) is 0 Å². The molecule has 0 saturated carbocycles. The Hall–Kier alpha value is -2.71. The molecule has 1 aliphatic heterocycles. The van der Waals surface area contributed by atoms with Crippen molar-refractivity contribution in [1.29, 1.82) is 0 Å². The van der Waals surface area contributed by atoms with Crippen LogP contribution in [0.15, 0.2) is 62.9 Å². The van der Waals surface area contributed by atoms with E-state index in [1.165, 1.54) is 5.01 Å². The first-order valence-electron chi connectivity index (χ1n) is 7.95. The summed E-state index contributed by atoms with van der Waals surface area (Å²) in [5.74, 6) is 1.00. The highest BCUT2D eigenvalue weighted by Gasteiger charge is 2.30. The highest BCUT2D eigenvalue weighted by atomic mass is 32.2. The molecule has 0 atom stereocenters. The monoisotopic (exact) mass is 373 g/mol. The number of fused-ring (bicyclic) bond motifs is 1. The van der Waals surface area contributed by atoms with Gasteiger partial charge in [-0.25, -0.2) is 5.01 Å². The molecule has 26 heavy (non-hydrogen) atoms. The SMILES string of the molecule is COCCOc1cccc(/C=N/N(C)C2=NS(=O)(=O)c3ccccc32)c1. The van der Waals surface area contributed by atoms with Gasteiger partial charge >= 0.3 is 0 Å². The number of rotatable bonds is 6. The van der Waals surface area contributed by atoms with E-state index in [0.717, 1.165) is 5.56 Å². The second-order valence-corrected chi connectivity index (χ2v) is 7.14. The standard InChI is InChI=1S/C18H19N3O4S/c1-21(18-16-8-3-4-9-17(16)26(22,23)20-18)19-13-14-6-5-7-15(12-14)25-11-10-24-2/h3-9,12-13H,10-11H2,1-2H3/b19-13+. The van der Waals surface area contributed by atoms with Crippen molar-refractivity contribution >= 4 is 22.1 Å². The fraction of sp³-hybridized carbons (Fsp3) is 0.222. The van der Waals surface area contributed by atoms with E-state index in [1.54, 1.807) is 44.6 Å². The molecular weight excluding hydrogens is 354 g/mol. The molecule has 2 aromatic carbocycles. The van der Waals surface area contributed by atoms with Gasteiger partial charge in [0.1, 0.15) is 17.3 Å². The predicted molar refractivity (Wildman–Crippen MR) is 99.3 cm³/mol. The Morgan fingerprint density at radius 3 is 2.77 bits per heavy atom. The van der Waals surface area contributed by atoms with Crippen LogP contribution in [0.1, 0.15) is 11.1 Å². The predicted octanol–water partition coefficient (Wildman–Crippen LogP) is 2.13. The van der Waals surface area contributed by atoms with Crippen molar-refractivity contribution in [3.05, 3.63) is 59.7 Å². The Balaban J connectivity index is 1.77. The number of methoxy groups -OCH3 is 1. The topological polar surface area (TPSA) is 80.6 Å². The van der Waals surface area contributed by atoms with Crippen molar-refractivity contribution in [3.63, 3.8) is 0 Å². The molecule has 1 aliphatic rings. The number of hydrogen-bond acceptors (Lipinski definition) is 6. The molecule has 0 bridgehead atoms. The smallest absolute Gasteiger partial charge is 0.285 e. The largest absolute Gasteiger partial charge is 0.491 e. The minimum absolute atomic E-state index is 0.200. The third-order valence-electron chi connectivity index (χ3n) is 3.71. The second-order valence-electron chi connectivity index (χ2n) is 5.57. The number of hydrazone groups is 1. The summed E-state index contributed by atoms with van der Waals surface area (Å²) in [6.07, 6.45) is 1.62. The van der Waals surface area contributed by atoms with Gasteiger partial charge in [-0.15, -0.1) is 4.40 Å². The van der Waals surface area contributed by atoms with Crippen molar-refractivity contribution < 1.29 is 17.9 Å². The zero-order valence-corrected chi connectivity index (χ0v) is 15.3. The highest BCUT2D eigenvalue weighted by molar-refractivity contribution is 7.90. The number of sulfonamides is 1. The average Bonchev–Trinajstić information content (AvgIpc) is 2.92. The molecule has 0 saturated heterocycles. The van der Waals surface area contributed by atoms with Crippen molar-refractivity contribution in [2.24, 2.45) is 9.50 Å². The molecule has 136 valence electrons. The van der Waals surface area contributed by atoms with Crippen LogP contribution in [0, 0.1) is 0 Å². The first kappa shape index (κ1) is 18.1. The van der Waals surface area contributed by atoms with E-state index in [2.05, 4.69) is 9.50 Å². The van der Waals surface area contributed by atoms with E-state index >= 15 is 0 Å². The third-order valence-corrected chi connectivity index (χ3v) is 5.04. The first-order chi connectivity index (χ1) is 12.5. The van der Waals surface area contributed by atoms with Crippen molar-refractivity contribution in [3.8, 4) is 5.75 Å². The summed E-state index contributed by atoms with van der Waals surface area (Å²) in [5.41, 5.74) is 1.37. The normalized spacial score (nSPS) is 14.9. The zero-order chi connectivity index (χ0) is 18.6. The van der Waals surface area contributed by atoms with Gasteiger partial charge in [-0.2, -0.15) is 13.5 Å². The van der Waals surface area contributed by atoms with E-state index in [0.29, 0.717) is 30.4 Å². The van der Waals surface area contributed by atoms with Gasteiger partial charge in [-0.05, 0) is 29.8 Å². The summed E-state index contributed by atoms with van der Waals surface area (Å²) < 4.78 is 38.6. The Morgan fingerprint density at radius 1 is 1.15 bits per heavy atom. The minimum atomic E-state index is -3.66. The van der Waals surface area contributed by atoms with Gasteiger partial charge in [0.25, 0.3) is 10.0 Å². The first-order valence-corrected chi connectivity index (χ1v) is 9.39. The fourth-order valence-corrected chi connectivity index (χ4v) is 3.69. The molecular formula is C18H19N3O4S. The van der Waals surface area contributed by atoms with E-state index in [1.807, 2.05) is 24.3 Å². The molecule has 3 rings (SSSR count). The van der Waals surface area contributed by atoms with Crippen LogP contribution in [-0.2, 0) is 14.8 Å². The Morgan fingerprint density at radius 2 is 1.96 bits per heavy atom. The second kappa shape index (κ2) is 7.67. The average molecular weight is 373 g/mol. The molecule has 7 nitrogen and oxygen atoms in total. The summed E-state index contributed by atoms with van der Waals surface area (Å²) in [6.45, 7) is 0.969. The lowest BCUT2D eigenvalue weighted by Crippen LogP contribution is -2.21. The van der Waals surface area contributed by atoms with Crippen LogP contribution in [0.3, 0.4) is 0 Å². The quantitative estimate of drug-likeness (QED) is 0.440. The Kier molecular flexibility index (Phi) is 5.34. The summed E-state index contributed by atoms with van der Waals surface area (Å²) in [4.78, 5) is 0.200. The summed E-state index contributed by atoms with van der Waals surface area (Å²) in [5, 5.41) is 5.76. The van der Waals surface area contributed by atoms with Gasteiger partial charge in [0.05, 0.1) is 12.8 Å². The molecule has 0 unspecified atom stereocenters. The molecule has 0 radical (unpaired) electrons. The van der Waals surface area contributed by atoms with Gasteiger partial charge in [0, 0.05) is 19.7 Å². The number of amidine groups is 1. The molecule has 0 amide bonds. The molecule has 1 heterocycles. The summed E-state index contributed by atoms with van der Waals surface area (Å²) >= 11 is 0. The van der Waals surface area contributed by atoms with Crippen molar-refractivity contribution in [1.82, 2.24) is 5.01 Å². The van der Waals surface area contributed by atoms with Crippen LogP contribution in [-0.4, -0.2) is 52.8 Å². The van der Waals surface area contributed by atoms with Crippen LogP contribution in [0.2, 0.25) is 0 Å². The number of benzene rings is 2. The van der Waals surface area contributed by atoms with Crippen LogP contribution >= 0.6 is 0 Å². The molecule has 2 aromatic rings. The molecule has 0 aromatic heterocycles. The zero-order valence-electron chi connectivity index (χ0n) is 14.5. The lowest BCUT2D eigenvalue weighted by Gasteiger charge is -2.12. The molecule has 0 fully saturated rings. The Labute approximate surface area is 152 Å². The van der Waals surface area contributed by atoms with E-state index in [-0.39, 0.29) is 4.90 Å². The van der Waals surface area contributed by atoms with Crippen LogP contribution in [0.25, 0.3) is 0 Å². The molecule has 0 spiro atoms. The highest BCUT2D eigenvalue weighted by Crippen LogP contribution is 2.27. The molecule has 0 aliphatic carbocycles. The lowest BCUT2D eigenvalue weighted by atomic mass is 10.2. The number of ether oxygens (including phenoxy) is 2. The minimum Gasteiger partial charge on any atom is -0.491 e. The van der Waals surface area contributed by atoms with Gasteiger partial charge in [-0.3, -0.25) is 0 Å². The van der Waals surface area contributed by atoms with E-state index in [4.69, 9.17) is 9.47 Å². The van der Waals surface area contributed by atoms with Gasteiger partial charge in [0.15, 0.2) is 5.84 Å². The summed E-state index contributed by atoms with van der Waals surface area (Å²) in [7, 11) is -0.386. The van der Waals surface area contributed by atoms with Gasteiger partial charge in [-0.1, -0.05) is 24.3 Å². The maximum atomic E-state index is 12.1. The lowest BCUT2D eigenvalue weighted by molar-refractivity contribution is 0.146. The molecule has 0 N–H and O–H groups in total. The van der Waals surface area contributed by atoms with Gasteiger partial charge in [0.2, 0.25) is 0 Å². The maximum Gasteiger partial charge on any atom is 0.285 e. The van der Waals surface area contributed by atoms with Crippen molar-refractivity contribution in [2.75, 3.05) is 27.4 Å². The van der Waals surface area contributed by atoms with Gasteiger partial charge < -0.3 is 9.47 Å². The van der Waals surface area contributed by atoms with E-state index < -0.39 is 10.0 Å². The summed E-state index contributed by atoms with van der Waals surface area (Å²) in [6, 6.07) is 14.1. The number of nitrogens with zero attached hydrogens (tertiary/aromatic N) is 3. The third kappa shape index (κ3) is 3.92. The number of hydrogen-bond donors (Lipinski definition) is 0. The maximum absolute atomic E-state index is 12.1. The molecule has 8 heteroatoms. The van der Waals surface area contributed by atoms with Crippen LogP contribution in [0.5, 0.6) is 5.75 Å². The fourth-order valence-electron chi connectivity index (χ4n) is 2.46.